The minimum absolute atomic E-state index is 0.489. The van der Waals surface area contributed by atoms with E-state index in [1.165, 1.54) is 6.92 Å². The van der Waals surface area contributed by atoms with Crippen LogP contribution in [-0.4, -0.2) is 69.3 Å². The highest BCUT2D eigenvalue weighted by Crippen LogP contribution is 2.44. The van der Waals surface area contributed by atoms with Gasteiger partial charge in [0.25, 0.3) is 5.54 Å². The molecule has 30 heavy (non-hydrogen) atoms. The first-order valence-corrected chi connectivity index (χ1v) is 10.3. The van der Waals surface area contributed by atoms with E-state index in [1.54, 1.807) is 55.4 Å². The summed E-state index contributed by atoms with van der Waals surface area (Å²) in [6.45, 7) is 14.1. The van der Waals surface area contributed by atoms with Crippen LogP contribution in [-0.2, 0) is 33.4 Å². The van der Waals surface area contributed by atoms with Gasteiger partial charge in [-0.1, -0.05) is 13.8 Å². The normalized spacial score (nSPS) is 22.1. The van der Waals surface area contributed by atoms with Gasteiger partial charge < -0.3 is 24.2 Å². The van der Waals surface area contributed by atoms with Crippen molar-refractivity contribution in [2.45, 2.75) is 104 Å². The number of carbonyl (C=O) groups is 4. The molecule has 1 rings (SSSR count). The van der Waals surface area contributed by atoms with Gasteiger partial charge in [0.2, 0.25) is 5.91 Å². The predicted molar refractivity (Wildman–Crippen MR) is 107 cm³/mol. The number of rotatable bonds is 8. The molecule has 1 aliphatic heterocycles. The van der Waals surface area contributed by atoms with Crippen LogP contribution in [0, 0.1) is 5.92 Å². The van der Waals surface area contributed by atoms with E-state index in [2.05, 4.69) is 0 Å². The Balaban J connectivity index is 3.79. The molecule has 1 fully saturated rings. The maximum atomic E-state index is 13.3. The molecule has 1 aliphatic rings. The lowest BCUT2D eigenvalue weighted by Crippen LogP contribution is -2.72. The summed E-state index contributed by atoms with van der Waals surface area (Å²) in [6.07, 6.45) is -2.34. The summed E-state index contributed by atoms with van der Waals surface area (Å²) >= 11 is 0. The van der Waals surface area contributed by atoms with E-state index in [0.29, 0.717) is 0 Å². The van der Waals surface area contributed by atoms with Crippen LogP contribution in [0.4, 0.5) is 0 Å². The van der Waals surface area contributed by atoms with E-state index in [0.717, 1.165) is 4.90 Å². The second kappa shape index (κ2) is 9.32. The van der Waals surface area contributed by atoms with Gasteiger partial charge in [0.05, 0.1) is 24.7 Å². The average molecular weight is 430 g/mol. The highest BCUT2D eigenvalue weighted by molar-refractivity contribution is 6.13. The van der Waals surface area contributed by atoms with Gasteiger partial charge in [-0.3, -0.25) is 4.79 Å². The van der Waals surface area contributed by atoms with Crippen molar-refractivity contribution in [2.24, 2.45) is 5.92 Å². The van der Waals surface area contributed by atoms with Crippen LogP contribution >= 0.6 is 0 Å². The lowest BCUT2D eigenvalue weighted by atomic mass is 9.80. The van der Waals surface area contributed by atoms with E-state index in [1.807, 2.05) is 0 Å². The summed E-state index contributed by atoms with van der Waals surface area (Å²) < 4.78 is 15.9. The highest BCUT2D eigenvalue weighted by Gasteiger charge is 2.74. The standard InChI is InChI=1S/C21H35NO8/c1-11(2)16(17(24)28-12(3)4)22-15(23)10-20(9,27)21(22,18(25)29-13(5)6)19(26)30-14(7)8/h11-14,16,27H,10H2,1-9H3/t16-,20?/m1/s1. The fourth-order valence-corrected chi connectivity index (χ4v) is 3.61. The molecule has 0 aromatic heterocycles. The molecule has 1 saturated heterocycles. The van der Waals surface area contributed by atoms with Crippen LogP contribution in [0.2, 0.25) is 0 Å². The van der Waals surface area contributed by atoms with Gasteiger partial charge in [-0.25, -0.2) is 14.4 Å². The molecule has 0 radical (unpaired) electrons. The molecule has 0 aromatic rings. The summed E-state index contributed by atoms with van der Waals surface area (Å²) in [4.78, 5) is 53.4. The Morgan fingerprint density at radius 2 is 1.27 bits per heavy atom. The van der Waals surface area contributed by atoms with Crippen molar-refractivity contribution in [1.82, 2.24) is 4.90 Å². The Labute approximate surface area is 178 Å². The number of carbonyl (C=O) groups excluding carboxylic acids is 4. The number of nitrogens with zero attached hydrogens (tertiary/aromatic N) is 1. The van der Waals surface area contributed by atoms with Crippen LogP contribution in [0.1, 0.15) is 68.7 Å². The molecule has 1 unspecified atom stereocenters. The van der Waals surface area contributed by atoms with Gasteiger partial charge >= 0.3 is 17.9 Å². The maximum Gasteiger partial charge on any atom is 0.347 e. The highest BCUT2D eigenvalue weighted by atomic mass is 16.6. The first-order valence-electron chi connectivity index (χ1n) is 10.3. The number of hydrogen-bond acceptors (Lipinski definition) is 8. The Bertz CT molecular complexity index is 658. The number of amides is 1. The fourth-order valence-electron chi connectivity index (χ4n) is 3.61. The summed E-state index contributed by atoms with van der Waals surface area (Å²) in [6, 6.07) is -1.31. The fraction of sp³-hybridized carbons (Fsp3) is 0.810. The van der Waals surface area contributed by atoms with Gasteiger partial charge in [-0.2, -0.15) is 0 Å². The van der Waals surface area contributed by atoms with Crippen molar-refractivity contribution in [3.63, 3.8) is 0 Å². The van der Waals surface area contributed by atoms with Gasteiger partial charge in [-0.15, -0.1) is 0 Å². The van der Waals surface area contributed by atoms with Crippen LogP contribution in [0.25, 0.3) is 0 Å². The zero-order valence-corrected chi connectivity index (χ0v) is 19.3. The molecule has 172 valence electrons. The Hall–Kier alpha value is -2.16. The smallest absolute Gasteiger partial charge is 0.347 e. The lowest BCUT2D eigenvalue weighted by molar-refractivity contribution is -0.198. The molecule has 2 atom stereocenters. The third-order valence-corrected chi connectivity index (χ3v) is 4.68. The van der Waals surface area contributed by atoms with E-state index >= 15 is 0 Å². The third kappa shape index (κ3) is 4.77. The topological polar surface area (TPSA) is 119 Å². The van der Waals surface area contributed by atoms with Crippen molar-refractivity contribution >= 4 is 23.8 Å². The zero-order valence-electron chi connectivity index (χ0n) is 19.3. The Kier molecular flexibility index (Phi) is 8.04. The van der Waals surface area contributed by atoms with Gasteiger partial charge in [0.1, 0.15) is 11.6 Å². The van der Waals surface area contributed by atoms with Crippen LogP contribution in [0.15, 0.2) is 0 Å². The monoisotopic (exact) mass is 429 g/mol. The molecule has 0 aromatic carbocycles. The molecule has 0 bridgehead atoms. The summed E-state index contributed by atoms with van der Waals surface area (Å²) in [5.74, 6) is -4.37. The molecular weight excluding hydrogens is 394 g/mol. The quantitative estimate of drug-likeness (QED) is 0.351. The number of hydrogen-bond donors (Lipinski definition) is 1. The Morgan fingerprint density at radius 1 is 0.867 bits per heavy atom. The second-order valence-electron chi connectivity index (χ2n) is 9.01. The molecule has 1 amide bonds. The first-order chi connectivity index (χ1) is 13.6. The number of aliphatic hydroxyl groups is 1. The van der Waals surface area contributed by atoms with Crippen molar-refractivity contribution in [3.05, 3.63) is 0 Å². The largest absolute Gasteiger partial charge is 0.461 e. The van der Waals surface area contributed by atoms with Gasteiger partial charge in [0.15, 0.2) is 0 Å². The SMILES string of the molecule is CC(C)OC(=O)[C@@H](C(C)C)N1C(=O)CC(C)(O)C1(C(=O)OC(C)C)C(=O)OC(C)C. The zero-order chi connectivity index (χ0) is 23.6. The summed E-state index contributed by atoms with van der Waals surface area (Å²) in [5.41, 5.74) is -4.73. The molecule has 9 heteroatoms. The molecule has 0 spiro atoms. The van der Waals surface area contributed by atoms with E-state index < -0.39 is 71.6 Å². The van der Waals surface area contributed by atoms with Crippen molar-refractivity contribution in [3.8, 4) is 0 Å². The van der Waals surface area contributed by atoms with Crippen LogP contribution < -0.4 is 0 Å². The average Bonchev–Trinajstić information content (AvgIpc) is 2.71. The number of esters is 3. The number of likely N-dealkylation sites (tertiary alicyclic amines) is 1. The lowest BCUT2D eigenvalue weighted by Gasteiger charge is -2.44. The van der Waals surface area contributed by atoms with Gasteiger partial charge in [0, 0.05) is 0 Å². The van der Waals surface area contributed by atoms with Crippen LogP contribution in [0.3, 0.4) is 0 Å². The van der Waals surface area contributed by atoms with E-state index in [9.17, 15) is 24.3 Å². The second-order valence-corrected chi connectivity index (χ2v) is 9.01. The predicted octanol–water partition coefficient (Wildman–Crippen LogP) is 1.59. The minimum Gasteiger partial charge on any atom is -0.461 e. The van der Waals surface area contributed by atoms with Crippen molar-refractivity contribution in [1.29, 1.82) is 0 Å². The van der Waals surface area contributed by atoms with Crippen LogP contribution in [0.5, 0.6) is 0 Å². The van der Waals surface area contributed by atoms with Crippen molar-refractivity contribution in [2.75, 3.05) is 0 Å². The maximum absolute atomic E-state index is 13.3. The first kappa shape index (κ1) is 25.9. The molecule has 0 saturated carbocycles. The van der Waals surface area contributed by atoms with E-state index in [4.69, 9.17) is 14.2 Å². The Morgan fingerprint density at radius 3 is 1.60 bits per heavy atom. The number of ether oxygens (including phenoxy) is 3. The minimum atomic E-state index is -2.55. The van der Waals surface area contributed by atoms with E-state index in [-0.39, 0.29) is 0 Å². The molecule has 1 N–H and O–H groups in total. The van der Waals surface area contributed by atoms with Gasteiger partial charge in [-0.05, 0) is 54.4 Å². The molecular formula is C21H35NO8. The van der Waals surface area contributed by atoms with Crippen molar-refractivity contribution < 1.29 is 38.5 Å². The molecule has 9 nitrogen and oxygen atoms in total. The summed E-state index contributed by atoms with van der Waals surface area (Å²) in [7, 11) is 0. The molecule has 1 heterocycles. The summed E-state index contributed by atoms with van der Waals surface area (Å²) in [5, 5.41) is 11.2. The molecule has 0 aliphatic carbocycles. The third-order valence-electron chi connectivity index (χ3n) is 4.68.